The first kappa shape index (κ1) is 19.7. The lowest BCUT2D eigenvalue weighted by molar-refractivity contribution is -0.120. The molecule has 134 valence electrons. The predicted octanol–water partition coefficient (Wildman–Crippen LogP) is 3.96. The molecule has 0 aliphatic rings. The Hall–Kier alpha value is -1.63. The largest absolute Gasteiger partial charge is 0.346 e. The minimum atomic E-state index is -3.81. The fourth-order valence-electron chi connectivity index (χ4n) is 2.35. The molecule has 0 aliphatic heterocycles. The van der Waals surface area contributed by atoms with Crippen molar-refractivity contribution in [3.05, 3.63) is 63.9 Å². The molecule has 0 bridgehead atoms. The van der Waals surface area contributed by atoms with E-state index >= 15 is 0 Å². The van der Waals surface area contributed by atoms with Crippen LogP contribution in [0.2, 0.25) is 10.0 Å². The van der Waals surface area contributed by atoms with Crippen molar-refractivity contribution in [1.29, 1.82) is 0 Å². The Kier molecular flexibility index (Phi) is 5.76. The van der Waals surface area contributed by atoms with E-state index in [-0.39, 0.29) is 9.92 Å². The van der Waals surface area contributed by atoms with Crippen molar-refractivity contribution >= 4 is 38.9 Å². The van der Waals surface area contributed by atoms with Crippen molar-refractivity contribution in [1.82, 2.24) is 5.32 Å². The van der Waals surface area contributed by atoms with Gasteiger partial charge < -0.3 is 5.32 Å². The Morgan fingerprint density at radius 1 is 1.12 bits per heavy atom. The fourth-order valence-corrected chi connectivity index (χ4v) is 4.01. The Balaban J connectivity index is 2.16. The SMILES string of the molecule is CC(C)(NC(=O)CS(=O)(=O)c1ccc(Cl)cc1)c1ccc(F)cc1Cl. The van der Waals surface area contributed by atoms with Crippen LogP contribution in [0.1, 0.15) is 19.4 Å². The van der Waals surface area contributed by atoms with Crippen LogP contribution in [0.4, 0.5) is 4.39 Å². The van der Waals surface area contributed by atoms with Gasteiger partial charge in [0.1, 0.15) is 11.6 Å². The first-order valence-electron chi connectivity index (χ1n) is 7.26. The summed E-state index contributed by atoms with van der Waals surface area (Å²) < 4.78 is 37.8. The van der Waals surface area contributed by atoms with Gasteiger partial charge in [-0.3, -0.25) is 4.79 Å². The molecule has 4 nitrogen and oxygen atoms in total. The zero-order valence-electron chi connectivity index (χ0n) is 13.5. The zero-order chi connectivity index (χ0) is 18.8. The number of hydrogen-bond donors (Lipinski definition) is 1. The summed E-state index contributed by atoms with van der Waals surface area (Å²) in [4.78, 5) is 12.2. The highest BCUT2D eigenvalue weighted by atomic mass is 35.5. The van der Waals surface area contributed by atoms with Crippen LogP contribution < -0.4 is 5.32 Å². The van der Waals surface area contributed by atoms with E-state index in [9.17, 15) is 17.6 Å². The maximum atomic E-state index is 13.2. The molecule has 2 aromatic carbocycles. The molecule has 1 N–H and O–H groups in total. The molecule has 25 heavy (non-hydrogen) atoms. The van der Waals surface area contributed by atoms with E-state index in [0.717, 1.165) is 6.07 Å². The minimum absolute atomic E-state index is 0.00432. The van der Waals surface area contributed by atoms with Gasteiger partial charge in [0.05, 0.1) is 10.4 Å². The lowest BCUT2D eigenvalue weighted by Gasteiger charge is -2.28. The Labute approximate surface area is 155 Å². The fraction of sp³-hybridized carbons (Fsp3) is 0.235. The molecule has 0 fully saturated rings. The Morgan fingerprint density at radius 3 is 2.28 bits per heavy atom. The molecule has 0 spiro atoms. The molecule has 8 heteroatoms. The first-order valence-corrected chi connectivity index (χ1v) is 9.67. The van der Waals surface area contributed by atoms with Crippen molar-refractivity contribution in [2.75, 3.05) is 5.75 Å². The molecule has 0 atom stereocenters. The highest BCUT2D eigenvalue weighted by Crippen LogP contribution is 2.28. The minimum Gasteiger partial charge on any atom is -0.346 e. The molecule has 0 saturated carbocycles. The third kappa shape index (κ3) is 4.93. The molecule has 0 aliphatic carbocycles. The van der Waals surface area contributed by atoms with E-state index in [1.54, 1.807) is 13.8 Å². The third-order valence-corrected chi connectivity index (χ3v) is 5.75. The topological polar surface area (TPSA) is 63.2 Å². The summed E-state index contributed by atoms with van der Waals surface area (Å²) in [6.07, 6.45) is 0. The average molecular weight is 404 g/mol. The van der Waals surface area contributed by atoms with Gasteiger partial charge in [0.25, 0.3) is 0 Å². The second-order valence-corrected chi connectivity index (χ2v) is 8.84. The van der Waals surface area contributed by atoms with Gasteiger partial charge in [-0.25, -0.2) is 12.8 Å². The summed E-state index contributed by atoms with van der Waals surface area (Å²) >= 11 is 11.8. The smallest absolute Gasteiger partial charge is 0.236 e. The summed E-state index contributed by atoms with van der Waals surface area (Å²) in [5, 5.41) is 3.16. The first-order chi connectivity index (χ1) is 11.5. The van der Waals surface area contributed by atoms with E-state index in [2.05, 4.69) is 5.32 Å². The van der Waals surface area contributed by atoms with Crippen LogP contribution in [-0.4, -0.2) is 20.1 Å². The molecule has 1 amide bonds. The summed E-state index contributed by atoms with van der Waals surface area (Å²) in [6.45, 7) is 3.30. The lowest BCUT2D eigenvalue weighted by Crippen LogP contribution is -2.43. The van der Waals surface area contributed by atoms with E-state index < -0.39 is 32.9 Å². The molecule has 0 radical (unpaired) electrons. The summed E-state index contributed by atoms with van der Waals surface area (Å²) in [5.41, 5.74) is -0.495. The molecular weight excluding hydrogens is 388 g/mol. The van der Waals surface area contributed by atoms with Crippen LogP contribution in [0.25, 0.3) is 0 Å². The molecule has 2 aromatic rings. The van der Waals surface area contributed by atoms with Gasteiger partial charge in [0, 0.05) is 10.0 Å². The standard InChI is InChI=1S/C17H16Cl2FNO3S/c1-17(2,14-8-5-12(20)9-15(14)19)21-16(22)10-25(23,24)13-6-3-11(18)4-7-13/h3-9H,10H2,1-2H3,(H,21,22). The van der Waals surface area contributed by atoms with Gasteiger partial charge in [-0.1, -0.05) is 29.3 Å². The highest BCUT2D eigenvalue weighted by Gasteiger charge is 2.28. The number of hydrogen-bond acceptors (Lipinski definition) is 3. The van der Waals surface area contributed by atoms with Crippen molar-refractivity contribution in [3.63, 3.8) is 0 Å². The highest BCUT2D eigenvalue weighted by molar-refractivity contribution is 7.92. The molecule has 0 unspecified atom stereocenters. The van der Waals surface area contributed by atoms with E-state index in [1.165, 1.54) is 36.4 Å². The average Bonchev–Trinajstić information content (AvgIpc) is 2.45. The molecular formula is C17H16Cl2FNO3S. The molecule has 0 heterocycles. The second kappa shape index (κ2) is 7.32. The van der Waals surface area contributed by atoms with Crippen LogP contribution in [0.5, 0.6) is 0 Å². The number of rotatable bonds is 5. The molecule has 0 aromatic heterocycles. The van der Waals surface area contributed by atoms with Gasteiger partial charge in [-0.15, -0.1) is 0 Å². The van der Waals surface area contributed by atoms with Crippen LogP contribution in [-0.2, 0) is 20.2 Å². The van der Waals surface area contributed by atoms with Gasteiger partial charge >= 0.3 is 0 Å². The normalized spacial score (nSPS) is 12.0. The van der Waals surface area contributed by atoms with Gasteiger partial charge in [-0.05, 0) is 55.8 Å². The lowest BCUT2D eigenvalue weighted by atomic mass is 9.94. The van der Waals surface area contributed by atoms with E-state index in [4.69, 9.17) is 23.2 Å². The van der Waals surface area contributed by atoms with E-state index in [1.807, 2.05) is 0 Å². The number of amides is 1. The number of halogens is 3. The number of carbonyl (C=O) groups is 1. The molecule has 0 saturated heterocycles. The van der Waals surface area contributed by atoms with Crippen molar-refractivity contribution in [3.8, 4) is 0 Å². The summed E-state index contributed by atoms with van der Waals surface area (Å²) in [6, 6.07) is 9.36. The molecule has 2 rings (SSSR count). The number of nitrogens with one attached hydrogen (secondary N) is 1. The Morgan fingerprint density at radius 2 is 1.72 bits per heavy atom. The number of sulfone groups is 1. The second-order valence-electron chi connectivity index (χ2n) is 6.01. The number of carbonyl (C=O) groups excluding carboxylic acids is 1. The third-order valence-electron chi connectivity index (χ3n) is 3.55. The maximum Gasteiger partial charge on any atom is 0.236 e. The van der Waals surface area contributed by atoms with Crippen LogP contribution in [0.3, 0.4) is 0 Å². The van der Waals surface area contributed by atoms with Crippen LogP contribution >= 0.6 is 23.2 Å². The summed E-state index contributed by atoms with van der Waals surface area (Å²) in [5.74, 6) is -1.92. The quantitative estimate of drug-likeness (QED) is 0.821. The van der Waals surface area contributed by atoms with Gasteiger partial charge in [0.2, 0.25) is 5.91 Å². The maximum absolute atomic E-state index is 13.2. The summed E-state index contributed by atoms with van der Waals surface area (Å²) in [7, 11) is -3.81. The Bertz CT molecular complexity index is 897. The van der Waals surface area contributed by atoms with Crippen LogP contribution in [0.15, 0.2) is 47.4 Å². The van der Waals surface area contributed by atoms with E-state index in [0.29, 0.717) is 10.6 Å². The monoisotopic (exact) mass is 403 g/mol. The van der Waals surface area contributed by atoms with Crippen molar-refractivity contribution in [2.45, 2.75) is 24.3 Å². The van der Waals surface area contributed by atoms with Crippen molar-refractivity contribution < 1.29 is 17.6 Å². The number of benzene rings is 2. The van der Waals surface area contributed by atoms with Gasteiger partial charge in [0.15, 0.2) is 9.84 Å². The zero-order valence-corrected chi connectivity index (χ0v) is 15.8. The van der Waals surface area contributed by atoms with Crippen molar-refractivity contribution in [2.24, 2.45) is 0 Å². The van der Waals surface area contributed by atoms with Gasteiger partial charge in [-0.2, -0.15) is 0 Å². The predicted molar refractivity (Wildman–Crippen MR) is 96.1 cm³/mol. The van der Waals surface area contributed by atoms with Crippen LogP contribution in [0, 0.1) is 5.82 Å².